The molecule has 0 amide bonds. The van der Waals surface area contributed by atoms with Crippen LogP contribution < -0.4 is 5.73 Å². The first-order valence-electron chi connectivity index (χ1n) is 6.41. The third kappa shape index (κ3) is 3.34. The molecule has 0 aliphatic heterocycles. The molecular formula is C16H17ClFN. The zero-order valence-electron chi connectivity index (χ0n) is 10.9. The Bertz CT molecular complexity index is 568. The molecule has 0 aliphatic rings. The van der Waals surface area contributed by atoms with E-state index < -0.39 is 5.82 Å². The fourth-order valence-corrected chi connectivity index (χ4v) is 2.32. The van der Waals surface area contributed by atoms with E-state index in [9.17, 15) is 4.39 Å². The highest BCUT2D eigenvalue weighted by Crippen LogP contribution is 2.25. The SMILES string of the molecule is CCCc1cccc(C(N)c2ccc(F)c(Cl)c2)c1. The van der Waals surface area contributed by atoms with Crippen LogP contribution in [0.5, 0.6) is 0 Å². The average Bonchev–Trinajstić information content (AvgIpc) is 2.42. The second-order valence-electron chi connectivity index (χ2n) is 4.65. The van der Waals surface area contributed by atoms with Crippen molar-refractivity contribution in [2.24, 2.45) is 5.73 Å². The van der Waals surface area contributed by atoms with E-state index in [0.29, 0.717) is 0 Å². The van der Waals surface area contributed by atoms with Gasteiger partial charge >= 0.3 is 0 Å². The highest BCUT2D eigenvalue weighted by molar-refractivity contribution is 6.30. The lowest BCUT2D eigenvalue weighted by molar-refractivity contribution is 0.627. The molecule has 2 N–H and O–H groups in total. The van der Waals surface area contributed by atoms with Gasteiger partial charge in [0.15, 0.2) is 0 Å². The fourth-order valence-electron chi connectivity index (χ4n) is 2.13. The topological polar surface area (TPSA) is 26.0 Å². The Balaban J connectivity index is 2.29. The maximum Gasteiger partial charge on any atom is 0.141 e. The first kappa shape index (κ1) is 14.0. The van der Waals surface area contributed by atoms with Crippen LogP contribution in [-0.2, 0) is 6.42 Å². The van der Waals surface area contributed by atoms with Gasteiger partial charge in [-0.15, -0.1) is 0 Å². The van der Waals surface area contributed by atoms with Gasteiger partial charge in [-0.2, -0.15) is 0 Å². The van der Waals surface area contributed by atoms with Crippen molar-refractivity contribution in [1.29, 1.82) is 0 Å². The molecule has 0 aliphatic carbocycles. The van der Waals surface area contributed by atoms with E-state index in [0.717, 1.165) is 24.0 Å². The van der Waals surface area contributed by atoms with Crippen molar-refractivity contribution in [2.45, 2.75) is 25.8 Å². The normalized spacial score (nSPS) is 12.4. The molecule has 1 nitrogen and oxygen atoms in total. The molecule has 2 aromatic carbocycles. The van der Waals surface area contributed by atoms with Crippen LogP contribution in [0.1, 0.15) is 36.1 Å². The molecule has 0 saturated carbocycles. The molecule has 3 heteroatoms. The van der Waals surface area contributed by atoms with Gasteiger partial charge in [0.05, 0.1) is 11.1 Å². The number of nitrogens with two attached hydrogens (primary N) is 1. The van der Waals surface area contributed by atoms with Crippen molar-refractivity contribution in [3.05, 3.63) is 70.0 Å². The van der Waals surface area contributed by atoms with Gasteiger partial charge in [-0.1, -0.05) is 55.3 Å². The fraction of sp³-hybridized carbons (Fsp3) is 0.250. The summed E-state index contributed by atoms with van der Waals surface area (Å²) in [6, 6.07) is 12.5. The van der Waals surface area contributed by atoms with Crippen LogP contribution in [0.15, 0.2) is 42.5 Å². The van der Waals surface area contributed by atoms with Crippen LogP contribution in [0.4, 0.5) is 4.39 Å². The monoisotopic (exact) mass is 277 g/mol. The highest BCUT2D eigenvalue weighted by Gasteiger charge is 2.11. The highest BCUT2D eigenvalue weighted by atomic mass is 35.5. The Hall–Kier alpha value is -1.38. The lowest BCUT2D eigenvalue weighted by atomic mass is 9.97. The molecule has 0 spiro atoms. The summed E-state index contributed by atoms with van der Waals surface area (Å²) in [5.74, 6) is -0.419. The maximum atomic E-state index is 13.2. The van der Waals surface area contributed by atoms with Crippen LogP contribution in [-0.4, -0.2) is 0 Å². The van der Waals surface area contributed by atoms with Crippen LogP contribution in [0, 0.1) is 5.82 Å². The lowest BCUT2D eigenvalue weighted by Crippen LogP contribution is -2.12. The Labute approximate surface area is 118 Å². The molecule has 0 heterocycles. The summed E-state index contributed by atoms with van der Waals surface area (Å²) >= 11 is 5.80. The minimum atomic E-state index is -0.419. The number of halogens is 2. The number of benzene rings is 2. The van der Waals surface area contributed by atoms with Crippen LogP contribution in [0.2, 0.25) is 5.02 Å². The Morgan fingerprint density at radius 3 is 2.58 bits per heavy atom. The molecule has 0 radical (unpaired) electrons. The molecule has 1 atom stereocenters. The predicted octanol–water partition coefficient (Wildman–Crippen LogP) is 4.48. The van der Waals surface area contributed by atoms with Gasteiger partial charge in [-0.05, 0) is 35.2 Å². The summed E-state index contributed by atoms with van der Waals surface area (Å²) in [6.07, 6.45) is 2.13. The molecule has 19 heavy (non-hydrogen) atoms. The third-order valence-corrected chi connectivity index (χ3v) is 3.44. The second kappa shape index (κ2) is 6.18. The van der Waals surface area contributed by atoms with E-state index >= 15 is 0 Å². The summed E-state index contributed by atoms with van der Waals surface area (Å²) < 4.78 is 13.2. The second-order valence-corrected chi connectivity index (χ2v) is 5.05. The molecule has 0 aromatic heterocycles. The summed E-state index contributed by atoms with van der Waals surface area (Å²) in [5, 5.41) is 0.109. The van der Waals surface area contributed by atoms with Gasteiger partial charge in [-0.25, -0.2) is 4.39 Å². The molecule has 0 bridgehead atoms. The van der Waals surface area contributed by atoms with Crippen molar-refractivity contribution in [3.63, 3.8) is 0 Å². The Morgan fingerprint density at radius 2 is 1.89 bits per heavy atom. The van der Waals surface area contributed by atoms with Gasteiger partial charge in [0, 0.05) is 0 Å². The molecule has 2 aromatic rings. The van der Waals surface area contributed by atoms with Crippen molar-refractivity contribution in [3.8, 4) is 0 Å². The number of aryl methyl sites for hydroxylation is 1. The van der Waals surface area contributed by atoms with Crippen LogP contribution >= 0.6 is 11.6 Å². The molecule has 1 unspecified atom stereocenters. The molecule has 0 saturated heterocycles. The molecule has 2 rings (SSSR count). The smallest absolute Gasteiger partial charge is 0.141 e. The predicted molar refractivity (Wildman–Crippen MR) is 77.9 cm³/mol. The lowest BCUT2D eigenvalue weighted by Gasteiger charge is -2.14. The molecule has 0 fully saturated rings. The van der Waals surface area contributed by atoms with E-state index in [1.807, 2.05) is 12.1 Å². The first-order valence-corrected chi connectivity index (χ1v) is 6.79. The maximum absolute atomic E-state index is 13.2. The van der Waals surface area contributed by atoms with E-state index in [4.69, 9.17) is 17.3 Å². The van der Waals surface area contributed by atoms with E-state index in [-0.39, 0.29) is 11.1 Å². The summed E-state index contributed by atoms with van der Waals surface area (Å²) in [4.78, 5) is 0. The zero-order valence-corrected chi connectivity index (χ0v) is 11.6. The summed E-state index contributed by atoms with van der Waals surface area (Å²) in [5.41, 5.74) is 9.33. The minimum Gasteiger partial charge on any atom is -0.320 e. The van der Waals surface area contributed by atoms with Crippen molar-refractivity contribution < 1.29 is 4.39 Å². The van der Waals surface area contributed by atoms with Crippen molar-refractivity contribution >= 4 is 11.6 Å². The Kier molecular flexibility index (Phi) is 4.56. The zero-order chi connectivity index (χ0) is 13.8. The van der Waals surface area contributed by atoms with Gasteiger partial charge in [-0.3, -0.25) is 0 Å². The number of hydrogen-bond donors (Lipinski definition) is 1. The minimum absolute atomic E-state index is 0.109. The largest absolute Gasteiger partial charge is 0.320 e. The van der Waals surface area contributed by atoms with Gasteiger partial charge in [0.2, 0.25) is 0 Å². The Morgan fingerprint density at radius 1 is 1.16 bits per heavy atom. The van der Waals surface area contributed by atoms with Crippen LogP contribution in [0.3, 0.4) is 0 Å². The average molecular weight is 278 g/mol. The number of rotatable bonds is 4. The van der Waals surface area contributed by atoms with Crippen molar-refractivity contribution in [2.75, 3.05) is 0 Å². The van der Waals surface area contributed by atoms with Gasteiger partial charge in [0.1, 0.15) is 5.82 Å². The summed E-state index contributed by atoms with van der Waals surface area (Å²) in [6.45, 7) is 2.15. The first-order chi connectivity index (χ1) is 9.11. The molecule has 100 valence electrons. The number of hydrogen-bond acceptors (Lipinski definition) is 1. The van der Waals surface area contributed by atoms with E-state index in [1.54, 1.807) is 12.1 Å². The standard InChI is InChI=1S/C16H17ClFN/c1-2-4-11-5-3-6-12(9-11)16(19)13-7-8-15(18)14(17)10-13/h3,5-10,16H,2,4,19H2,1H3. The summed E-state index contributed by atoms with van der Waals surface area (Å²) in [7, 11) is 0. The van der Waals surface area contributed by atoms with E-state index in [2.05, 4.69) is 19.1 Å². The quantitative estimate of drug-likeness (QED) is 0.876. The van der Waals surface area contributed by atoms with Gasteiger partial charge in [0.25, 0.3) is 0 Å². The molecular weight excluding hydrogens is 261 g/mol. The van der Waals surface area contributed by atoms with Crippen LogP contribution in [0.25, 0.3) is 0 Å². The van der Waals surface area contributed by atoms with Crippen molar-refractivity contribution in [1.82, 2.24) is 0 Å². The van der Waals surface area contributed by atoms with Gasteiger partial charge < -0.3 is 5.73 Å². The third-order valence-electron chi connectivity index (χ3n) is 3.15. The van der Waals surface area contributed by atoms with E-state index in [1.165, 1.54) is 11.6 Å².